The van der Waals surface area contributed by atoms with Gasteiger partial charge in [0.1, 0.15) is 5.82 Å². The third-order valence-electron chi connectivity index (χ3n) is 5.92. The van der Waals surface area contributed by atoms with Crippen molar-refractivity contribution in [2.45, 2.75) is 25.8 Å². The van der Waals surface area contributed by atoms with E-state index < -0.39 is 0 Å². The van der Waals surface area contributed by atoms with Gasteiger partial charge in [-0.1, -0.05) is 60.7 Å². The van der Waals surface area contributed by atoms with E-state index in [0.717, 1.165) is 60.1 Å². The van der Waals surface area contributed by atoms with Gasteiger partial charge < -0.3 is 4.98 Å². The molecular formula is C26H26N4. The molecule has 1 N–H and O–H groups in total. The van der Waals surface area contributed by atoms with E-state index in [1.54, 1.807) is 0 Å². The van der Waals surface area contributed by atoms with E-state index in [-0.39, 0.29) is 0 Å². The molecule has 0 unspecified atom stereocenters. The Morgan fingerprint density at radius 1 is 0.933 bits per heavy atom. The number of pyridine rings is 1. The summed E-state index contributed by atoms with van der Waals surface area (Å²) in [5, 5.41) is 0. The van der Waals surface area contributed by atoms with E-state index in [2.05, 4.69) is 76.4 Å². The number of benzene rings is 2. The number of aromatic amines is 1. The van der Waals surface area contributed by atoms with Crippen molar-refractivity contribution >= 4 is 0 Å². The van der Waals surface area contributed by atoms with Crippen LogP contribution in [0.3, 0.4) is 0 Å². The molecule has 2 aromatic heterocycles. The monoisotopic (exact) mass is 394 g/mol. The summed E-state index contributed by atoms with van der Waals surface area (Å²) in [6.45, 7) is 5.27. The summed E-state index contributed by atoms with van der Waals surface area (Å²) in [6.07, 6.45) is 3.08. The fourth-order valence-corrected chi connectivity index (χ4v) is 4.31. The largest absolute Gasteiger partial charge is 0.345 e. The highest BCUT2D eigenvalue weighted by Gasteiger charge is 2.27. The number of likely N-dealkylation sites (tertiary alicyclic amines) is 1. The Bertz CT molecular complexity index is 1100. The SMILES string of the molecule is Cc1[nH]c([C@@H]2CCN(Cc3ccccc3)C2)nc1-c1ccc(-c2ccccc2)nc1. The third-order valence-corrected chi connectivity index (χ3v) is 5.92. The van der Waals surface area contributed by atoms with Gasteiger partial charge in [0.05, 0.1) is 11.4 Å². The van der Waals surface area contributed by atoms with Gasteiger partial charge in [-0.3, -0.25) is 9.88 Å². The molecule has 3 heterocycles. The summed E-state index contributed by atoms with van der Waals surface area (Å²) in [7, 11) is 0. The van der Waals surface area contributed by atoms with E-state index in [1.807, 2.05) is 24.4 Å². The molecule has 1 saturated heterocycles. The Morgan fingerprint density at radius 2 is 1.70 bits per heavy atom. The minimum absolute atomic E-state index is 0.456. The molecule has 2 aromatic carbocycles. The first kappa shape index (κ1) is 18.8. The number of rotatable bonds is 5. The molecule has 4 aromatic rings. The minimum atomic E-state index is 0.456. The third kappa shape index (κ3) is 3.91. The second kappa shape index (κ2) is 8.25. The van der Waals surface area contributed by atoms with Crippen LogP contribution < -0.4 is 0 Å². The Hall–Kier alpha value is -3.24. The summed E-state index contributed by atoms with van der Waals surface area (Å²) in [5.41, 5.74) is 6.68. The average molecular weight is 395 g/mol. The van der Waals surface area contributed by atoms with Crippen LogP contribution in [0.4, 0.5) is 0 Å². The summed E-state index contributed by atoms with van der Waals surface area (Å²) in [5.74, 6) is 1.56. The molecule has 0 saturated carbocycles. The molecule has 0 amide bonds. The summed E-state index contributed by atoms with van der Waals surface area (Å²) < 4.78 is 0. The smallest absolute Gasteiger partial charge is 0.111 e. The standard InChI is InChI=1S/C26H26N4/c1-19-25(22-12-13-24(27-16-22)21-10-6-3-7-11-21)29-26(28-19)23-14-15-30(18-23)17-20-8-4-2-5-9-20/h2-13,16,23H,14-15,17-18H2,1H3,(H,28,29)/t23-/m1/s1. The predicted molar refractivity (Wildman–Crippen MR) is 121 cm³/mol. The quantitative estimate of drug-likeness (QED) is 0.490. The highest BCUT2D eigenvalue weighted by molar-refractivity contribution is 5.66. The van der Waals surface area contributed by atoms with Crippen molar-refractivity contribution in [3.8, 4) is 22.5 Å². The van der Waals surface area contributed by atoms with Crippen LogP contribution in [0, 0.1) is 6.92 Å². The second-order valence-electron chi connectivity index (χ2n) is 8.10. The fraction of sp³-hybridized carbons (Fsp3) is 0.231. The molecule has 1 fully saturated rings. The summed E-state index contributed by atoms with van der Waals surface area (Å²) in [6, 6.07) is 25.2. The van der Waals surface area contributed by atoms with Gasteiger partial charge in [-0.15, -0.1) is 0 Å². The summed E-state index contributed by atoms with van der Waals surface area (Å²) in [4.78, 5) is 15.7. The Labute approximate surface area is 177 Å². The number of aromatic nitrogens is 3. The maximum atomic E-state index is 4.98. The van der Waals surface area contributed by atoms with E-state index in [9.17, 15) is 0 Å². The Balaban J connectivity index is 1.30. The highest BCUT2D eigenvalue weighted by atomic mass is 15.2. The van der Waals surface area contributed by atoms with E-state index in [4.69, 9.17) is 4.98 Å². The molecular weight excluding hydrogens is 368 g/mol. The van der Waals surface area contributed by atoms with Crippen LogP contribution in [0.2, 0.25) is 0 Å². The van der Waals surface area contributed by atoms with E-state index in [1.165, 1.54) is 5.56 Å². The first-order valence-corrected chi connectivity index (χ1v) is 10.6. The van der Waals surface area contributed by atoms with E-state index >= 15 is 0 Å². The lowest BCUT2D eigenvalue weighted by Crippen LogP contribution is -2.19. The number of hydrogen-bond donors (Lipinski definition) is 1. The molecule has 1 aliphatic rings. The van der Waals surface area contributed by atoms with Gasteiger partial charge in [0.15, 0.2) is 0 Å². The van der Waals surface area contributed by atoms with Gasteiger partial charge in [0, 0.05) is 42.0 Å². The number of hydrogen-bond acceptors (Lipinski definition) is 3. The Morgan fingerprint density at radius 3 is 2.43 bits per heavy atom. The molecule has 0 bridgehead atoms. The van der Waals surface area contributed by atoms with Gasteiger partial charge in [-0.25, -0.2) is 4.98 Å². The zero-order chi connectivity index (χ0) is 20.3. The summed E-state index contributed by atoms with van der Waals surface area (Å²) >= 11 is 0. The zero-order valence-electron chi connectivity index (χ0n) is 17.3. The van der Waals surface area contributed by atoms with Gasteiger partial charge in [0.2, 0.25) is 0 Å². The molecule has 0 spiro atoms. The maximum absolute atomic E-state index is 4.98. The molecule has 5 rings (SSSR count). The van der Waals surface area contributed by atoms with Crippen molar-refractivity contribution < 1.29 is 0 Å². The van der Waals surface area contributed by atoms with E-state index in [0.29, 0.717) is 5.92 Å². The van der Waals surface area contributed by atoms with Crippen molar-refractivity contribution in [1.82, 2.24) is 19.9 Å². The van der Waals surface area contributed by atoms with Crippen molar-refractivity contribution in [2.75, 3.05) is 13.1 Å². The van der Waals surface area contributed by atoms with Gasteiger partial charge in [-0.05, 0) is 37.6 Å². The molecule has 4 heteroatoms. The zero-order valence-corrected chi connectivity index (χ0v) is 17.3. The maximum Gasteiger partial charge on any atom is 0.111 e. The molecule has 30 heavy (non-hydrogen) atoms. The molecule has 4 nitrogen and oxygen atoms in total. The number of H-pyrrole nitrogens is 1. The van der Waals surface area contributed by atoms with Gasteiger partial charge >= 0.3 is 0 Å². The van der Waals surface area contributed by atoms with Crippen LogP contribution in [0.1, 0.15) is 29.4 Å². The number of nitrogens with one attached hydrogen (secondary N) is 1. The lowest BCUT2D eigenvalue weighted by molar-refractivity contribution is 0.326. The van der Waals surface area contributed by atoms with Crippen molar-refractivity contribution in [3.05, 3.63) is 96.1 Å². The predicted octanol–water partition coefficient (Wildman–Crippen LogP) is 5.44. The van der Waals surface area contributed by atoms with Crippen molar-refractivity contribution in [3.63, 3.8) is 0 Å². The fourth-order valence-electron chi connectivity index (χ4n) is 4.31. The first-order chi connectivity index (χ1) is 14.8. The van der Waals surface area contributed by atoms with Crippen LogP contribution in [-0.4, -0.2) is 32.9 Å². The first-order valence-electron chi connectivity index (χ1n) is 10.6. The van der Waals surface area contributed by atoms with Gasteiger partial charge in [-0.2, -0.15) is 0 Å². The van der Waals surface area contributed by atoms with Crippen LogP contribution in [0.5, 0.6) is 0 Å². The molecule has 150 valence electrons. The number of imidazole rings is 1. The van der Waals surface area contributed by atoms with Gasteiger partial charge in [0.25, 0.3) is 0 Å². The number of nitrogens with zero attached hydrogens (tertiary/aromatic N) is 3. The van der Waals surface area contributed by atoms with Crippen molar-refractivity contribution in [2.24, 2.45) is 0 Å². The van der Waals surface area contributed by atoms with Crippen LogP contribution in [0.15, 0.2) is 79.0 Å². The highest BCUT2D eigenvalue weighted by Crippen LogP contribution is 2.30. The van der Waals surface area contributed by atoms with Crippen LogP contribution >= 0.6 is 0 Å². The van der Waals surface area contributed by atoms with Crippen LogP contribution in [-0.2, 0) is 6.54 Å². The lowest BCUT2D eigenvalue weighted by atomic mass is 10.1. The normalized spacial score (nSPS) is 16.8. The minimum Gasteiger partial charge on any atom is -0.345 e. The van der Waals surface area contributed by atoms with Crippen molar-refractivity contribution in [1.29, 1.82) is 0 Å². The Kier molecular flexibility index (Phi) is 5.16. The number of aryl methyl sites for hydroxylation is 1. The van der Waals surface area contributed by atoms with Crippen LogP contribution in [0.25, 0.3) is 22.5 Å². The molecule has 1 aliphatic heterocycles. The molecule has 0 aliphatic carbocycles. The lowest BCUT2D eigenvalue weighted by Gasteiger charge is -2.15. The second-order valence-corrected chi connectivity index (χ2v) is 8.10. The topological polar surface area (TPSA) is 44.8 Å². The molecule has 1 atom stereocenters. The molecule has 0 radical (unpaired) electrons. The average Bonchev–Trinajstić information content (AvgIpc) is 3.42.